The van der Waals surface area contributed by atoms with Crippen LogP contribution in [0.4, 0.5) is 0 Å². The Hall–Kier alpha value is -0.940. The molecule has 1 aromatic rings. The topological polar surface area (TPSA) is 33.7 Å². The first-order chi connectivity index (χ1) is 9.33. The number of nitrogens with one attached hydrogen (secondary N) is 1. The number of rotatable bonds is 8. The third kappa shape index (κ3) is 4.28. The van der Waals surface area contributed by atoms with Gasteiger partial charge < -0.3 is 14.8 Å². The van der Waals surface area contributed by atoms with Crippen LogP contribution >= 0.6 is 0 Å². The summed E-state index contributed by atoms with van der Waals surface area (Å²) in [4.78, 5) is 2.37. The Morgan fingerprint density at radius 1 is 1.05 bits per heavy atom. The van der Waals surface area contributed by atoms with Gasteiger partial charge in [-0.3, -0.25) is 4.90 Å². The van der Waals surface area contributed by atoms with E-state index in [9.17, 15) is 0 Å². The van der Waals surface area contributed by atoms with Crippen LogP contribution in [0, 0.1) is 0 Å². The maximum atomic E-state index is 5.17. The molecule has 1 aliphatic heterocycles. The summed E-state index contributed by atoms with van der Waals surface area (Å²) in [6, 6.07) is 6.80. The normalized spacial score (nSPS) is 14.1. The smallest absolute Gasteiger partial charge is 0.0589 e. The zero-order valence-electron chi connectivity index (χ0n) is 11.9. The summed E-state index contributed by atoms with van der Waals surface area (Å²) < 4.78 is 10.3. The summed E-state index contributed by atoms with van der Waals surface area (Å²) in [5, 5.41) is 3.38. The van der Waals surface area contributed by atoms with Gasteiger partial charge in [0, 0.05) is 46.9 Å². The Morgan fingerprint density at radius 3 is 2.42 bits per heavy atom. The van der Waals surface area contributed by atoms with Gasteiger partial charge in [-0.05, 0) is 16.7 Å². The standard InChI is InChI=1S/C15H24N2O2/c1-18-7-5-17(6-8-19-2)12-13-3-4-14-10-16-11-15(14)9-13/h3-4,9,16H,5-8,10-12H2,1-2H3. The molecule has 0 aliphatic carbocycles. The van der Waals surface area contributed by atoms with Crippen molar-refractivity contribution < 1.29 is 9.47 Å². The van der Waals surface area contributed by atoms with Gasteiger partial charge >= 0.3 is 0 Å². The van der Waals surface area contributed by atoms with Gasteiger partial charge in [-0.25, -0.2) is 0 Å². The minimum atomic E-state index is 0.760. The molecule has 0 amide bonds. The average Bonchev–Trinajstić information content (AvgIpc) is 2.89. The maximum Gasteiger partial charge on any atom is 0.0589 e. The molecule has 0 saturated carbocycles. The van der Waals surface area contributed by atoms with E-state index in [2.05, 4.69) is 28.4 Å². The summed E-state index contributed by atoms with van der Waals surface area (Å²) in [6.07, 6.45) is 0. The predicted octanol–water partition coefficient (Wildman–Crippen LogP) is 1.38. The first-order valence-electron chi connectivity index (χ1n) is 6.85. The highest BCUT2D eigenvalue weighted by Gasteiger charge is 2.12. The lowest BCUT2D eigenvalue weighted by Crippen LogP contribution is -2.30. The number of hydrogen-bond donors (Lipinski definition) is 1. The van der Waals surface area contributed by atoms with Crippen LogP contribution in [0.15, 0.2) is 18.2 Å². The van der Waals surface area contributed by atoms with Gasteiger partial charge in [0.2, 0.25) is 0 Å². The Kier molecular flexibility index (Phi) is 5.79. The van der Waals surface area contributed by atoms with Crippen molar-refractivity contribution in [2.24, 2.45) is 0 Å². The van der Waals surface area contributed by atoms with Gasteiger partial charge in [0.25, 0.3) is 0 Å². The predicted molar refractivity (Wildman–Crippen MR) is 76.0 cm³/mol. The minimum Gasteiger partial charge on any atom is -0.383 e. The molecule has 0 atom stereocenters. The third-order valence-corrected chi connectivity index (χ3v) is 3.53. The lowest BCUT2D eigenvalue weighted by Gasteiger charge is -2.22. The van der Waals surface area contributed by atoms with E-state index in [4.69, 9.17) is 9.47 Å². The van der Waals surface area contributed by atoms with Crippen LogP contribution in [-0.2, 0) is 29.1 Å². The molecule has 0 unspecified atom stereocenters. The highest BCUT2D eigenvalue weighted by atomic mass is 16.5. The third-order valence-electron chi connectivity index (χ3n) is 3.53. The average molecular weight is 264 g/mol. The maximum absolute atomic E-state index is 5.17. The van der Waals surface area contributed by atoms with E-state index in [1.54, 1.807) is 14.2 Å². The van der Waals surface area contributed by atoms with Crippen LogP contribution in [-0.4, -0.2) is 45.4 Å². The molecular formula is C15H24N2O2. The van der Waals surface area contributed by atoms with Gasteiger partial charge in [-0.1, -0.05) is 18.2 Å². The highest BCUT2D eigenvalue weighted by molar-refractivity contribution is 5.34. The van der Waals surface area contributed by atoms with Crippen molar-refractivity contribution in [3.8, 4) is 0 Å². The van der Waals surface area contributed by atoms with Gasteiger partial charge in [0.05, 0.1) is 13.2 Å². The number of ether oxygens (including phenoxy) is 2. The molecule has 0 aromatic heterocycles. The van der Waals surface area contributed by atoms with Crippen LogP contribution < -0.4 is 5.32 Å². The van der Waals surface area contributed by atoms with Crippen molar-refractivity contribution in [1.29, 1.82) is 0 Å². The van der Waals surface area contributed by atoms with Crippen LogP contribution in [0.1, 0.15) is 16.7 Å². The van der Waals surface area contributed by atoms with Gasteiger partial charge in [-0.15, -0.1) is 0 Å². The Labute approximate surface area is 115 Å². The number of nitrogens with zero attached hydrogens (tertiary/aromatic N) is 1. The van der Waals surface area contributed by atoms with Crippen LogP contribution in [0.25, 0.3) is 0 Å². The number of hydrogen-bond acceptors (Lipinski definition) is 4. The second kappa shape index (κ2) is 7.60. The van der Waals surface area contributed by atoms with E-state index < -0.39 is 0 Å². The summed E-state index contributed by atoms with van der Waals surface area (Å²) in [6.45, 7) is 6.36. The molecule has 0 spiro atoms. The molecule has 1 N–H and O–H groups in total. The highest BCUT2D eigenvalue weighted by Crippen LogP contribution is 2.18. The SMILES string of the molecule is COCCN(CCOC)Cc1ccc2c(c1)CNC2. The molecule has 4 heteroatoms. The molecule has 1 aliphatic rings. The fraction of sp³-hybridized carbons (Fsp3) is 0.600. The summed E-state index contributed by atoms with van der Waals surface area (Å²) in [5.74, 6) is 0. The number of fused-ring (bicyclic) bond motifs is 1. The lowest BCUT2D eigenvalue weighted by atomic mass is 10.1. The van der Waals surface area contributed by atoms with E-state index in [0.717, 1.165) is 45.9 Å². The molecule has 0 radical (unpaired) electrons. The molecule has 2 rings (SSSR count). The van der Waals surface area contributed by atoms with E-state index in [0.29, 0.717) is 0 Å². The number of methoxy groups -OCH3 is 2. The zero-order chi connectivity index (χ0) is 13.5. The molecule has 4 nitrogen and oxygen atoms in total. The van der Waals surface area contributed by atoms with E-state index in [-0.39, 0.29) is 0 Å². The molecule has 0 fully saturated rings. The molecule has 1 heterocycles. The minimum absolute atomic E-state index is 0.760. The van der Waals surface area contributed by atoms with Crippen molar-refractivity contribution in [2.45, 2.75) is 19.6 Å². The van der Waals surface area contributed by atoms with Gasteiger partial charge in [-0.2, -0.15) is 0 Å². The van der Waals surface area contributed by atoms with Gasteiger partial charge in [0.15, 0.2) is 0 Å². The monoisotopic (exact) mass is 264 g/mol. The van der Waals surface area contributed by atoms with Crippen molar-refractivity contribution in [2.75, 3.05) is 40.5 Å². The molecule has 0 bridgehead atoms. The molecule has 0 saturated heterocycles. The van der Waals surface area contributed by atoms with Crippen LogP contribution in [0.2, 0.25) is 0 Å². The summed E-state index contributed by atoms with van der Waals surface area (Å²) >= 11 is 0. The zero-order valence-corrected chi connectivity index (χ0v) is 11.9. The Morgan fingerprint density at radius 2 is 1.74 bits per heavy atom. The second-order valence-corrected chi connectivity index (χ2v) is 4.97. The summed E-state index contributed by atoms with van der Waals surface area (Å²) in [7, 11) is 3.49. The van der Waals surface area contributed by atoms with Crippen LogP contribution in [0.5, 0.6) is 0 Å². The fourth-order valence-electron chi connectivity index (χ4n) is 2.42. The van der Waals surface area contributed by atoms with Crippen molar-refractivity contribution >= 4 is 0 Å². The quantitative estimate of drug-likeness (QED) is 0.769. The molecular weight excluding hydrogens is 240 g/mol. The van der Waals surface area contributed by atoms with E-state index in [1.807, 2.05) is 0 Å². The molecule has 1 aromatic carbocycles. The van der Waals surface area contributed by atoms with E-state index in [1.165, 1.54) is 16.7 Å². The Bertz CT molecular complexity index is 388. The van der Waals surface area contributed by atoms with Crippen molar-refractivity contribution in [3.63, 3.8) is 0 Å². The largest absolute Gasteiger partial charge is 0.383 e. The van der Waals surface area contributed by atoms with Crippen LogP contribution in [0.3, 0.4) is 0 Å². The van der Waals surface area contributed by atoms with Crippen molar-refractivity contribution in [1.82, 2.24) is 10.2 Å². The van der Waals surface area contributed by atoms with Gasteiger partial charge in [0.1, 0.15) is 0 Å². The summed E-state index contributed by atoms with van der Waals surface area (Å²) in [5.41, 5.74) is 4.25. The van der Waals surface area contributed by atoms with E-state index >= 15 is 0 Å². The molecule has 106 valence electrons. The fourth-order valence-corrected chi connectivity index (χ4v) is 2.42. The second-order valence-electron chi connectivity index (χ2n) is 4.97. The Balaban J connectivity index is 1.95. The van der Waals surface area contributed by atoms with Crippen molar-refractivity contribution in [3.05, 3.63) is 34.9 Å². The number of benzene rings is 1. The first-order valence-corrected chi connectivity index (χ1v) is 6.85. The lowest BCUT2D eigenvalue weighted by molar-refractivity contribution is 0.110. The first kappa shape index (κ1) is 14.5. The molecule has 19 heavy (non-hydrogen) atoms.